The molecule has 0 saturated heterocycles. The smallest absolute Gasteiger partial charge is 0.0248 e. The second kappa shape index (κ2) is 4.43. The van der Waals surface area contributed by atoms with Crippen molar-refractivity contribution in [3.05, 3.63) is 37.7 Å². The van der Waals surface area contributed by atoms with Crippen molar-refractivity contribution in [1.29, 1.82) is 0 Å². The zero-order valence-electron chi connectivity index (χ0n) is 5.52. The molecule has 0 aliphatic rings. The molecule has 0 amide bonds. The summed E-state index contributed by atoms with van der Waals surface area (Å²) in [5, 5.41) is 0. The molecule has 0 nitrogen and oxygen atoms in total. The van der Waals surface area contributed by atoms with Gasteiger partial charge in [0.1, 0.15) is 0 Å². The monoisotopic (exact) mass is 338 g/mol. The topological polar surface area (TPSA) is 0 Å². The molecule has 58 valence electrons. The fraction of sp³-hybridized carbons (Fsp3) is 0. The Morgan fingerprint density at radius 1 is 1.18 bits per heavy atom. The van der Waals surface area contributed by atoms with E-state index in [1.165, 1.54) is 0 Å². The predicted octanol–water partition coefficient (Wildman–Crippen LogP) is 4.58. The Morgan fingerprint density at radius 3 is 2.55 bits per heavy atom. The van der Waals surface area contributed by atoms with Crippen LogP contribution in [0.15, 0.2) is 32.1 Å². The van der Waals surface area contributed by atoms with Gasteiger partial charge >= 0.3 is 0 Å². The first kappa shape index (κ1) is 9.49. The number of hydrogen-bond acceptors (Lipinski definition) is 0. The van der Waals surface area contributed by atoms with Crippen molar-refractivity contribution in [3.8, 4) is 0 Å². The first-order chi connectivity index (χ1) is 5.24. The van der Waals surface area contributed by atoms with Crippen LogP contribution in [0.25, 0.3) is 6.08 Å². The van der Waals surface area contributed by atoms with Crippen LogP contribution < -0.4 is 0 Å². The summed E-state index contributed by atoms with van der Waals surface area (Å²) in [5.74, 6) is 0. The van der Waals surface area contributed by atoms with Gasteiger partial charge in [0.25, 0.3) is 0 Å². The number of hydrogen-bond donors (Lipinski definition) is 0. The van der Waals surface area contributed by atoms with E-state index < -0.39 is 0 Å². The zero-order valence-corrected chi connectivity index (χ0v) is 10.3. The lowest BCUT2D eigenvalue weighted by atomic mass is 10.2. The molecule has 0 bridgehead atoms. The van der Waals surface area contributed by atoms with Crippen molar-refractivity contribution in [2.24, 2.45) is 0 Å². The van der Waals surface area contributed by atoms with Gasteiger partial charge in [-0.05, 0) is 34.8 Å². The fourth-order valence-corrected chi connectivity index (χ4v) is 1.75. The second-order valence-corrected chi connectivity index (χ2v) is 4.26. The lowest BCUT2D eigenvalue weighted by molar-refractivity contribution is 1.56. The van der Waals surface area contributed by atoms with E-state index in [9.17, 15) is 0 Å². The molecule has 0 aromatic heterocycles. The highest BCUT2D eigenvalue weighted by atomic mass is 79.9. The van der Waals surface area contributed by atoms with Gasteiger partial charge in [0.15, 0.2) is 0 Å². The summed E-state index contributed by atoms with van der Waals surface area (Å²) in [6.45, 7) is 0. The molecule has 0 fully saturated rings. The van der Waals surface area contributed by atoms with E-state index in [1.54, 1.807) is 0 Å². The van der Waals surface area contributed by atoms with Gasteiger partial charge in [-0.2, -0.15) is 0 Å². The summed E-state index contributed by atoms with van der Waals surface area (Å²) in [4.78, 5) is 1.83. The Kier molecular flexibility index (Phi) is 3.82. The van der Waals surface area contributed by atoms with Crippen molar-refractivity contribution in [2.75, 3.05) is 0 Å². The maximum atomic E-state index is 3.44. The number of rotatable bonds is 1. The van der Waals surface area contributed by atoms with Gasteiger partial charge in [-0.1, -0.05) is 47.8 Å². The van der Waals surface area contributed by atoms with Crippen molar-refractivity contribution in [2.45, 2.75) is 0 Å². The van der Waals surface area contributed by atoms with Gasteiger partial charge in [-0.25, -0.2) is 0 Å². The Labute approximate surface area is 91.1 Å². The van der Waals surface area contributed by atoms with Gasteiger partial charge in [0, 0.05) is 8.95 Å². The van der Waals surface area contributed by atoms with Crippen LogP contribution in [0.2, 0.25) is 0 Å². The second-order valence-electron chi connectivity index (χ2n) is 1.96. The molecule has 11 heavy (non-hydrogen) atoms. The van der Waals surface area contributed by atoms with Crippen LogP contribution in [-0.4, -0.2) is 0 Å². The molecule has 3 heteroatoms. The van der Waals surface area contributed by atoms with Crippen molar-refractivity contribution >= 4 is 53.9 Å². The van der Waals surface area contributed by atoms with Crippen molar-refractivity contribution < 1.29 is 0 Å². The van der Waals surface area contributed by atoms with Crippen LogP contribution in [0.5, 0.6) is 0 Å². The van der Waals surface area contributed by atoms with E-state index in [2.05, 4.69) is 47.8 Å². The number of halogens is 3. The molecule has 0 N–H and O–H groups in total. The minimum absolute atomic E-state index is 1.08. The van der Waals surface area contributed by atoms with Crippen LogP contribution in [0.4, 0.5) is 0 Å². The first-order valence-corrected chi connectivity index (χ1v) is 5.46. The van der Waals surface area contributed by atoms with E-state index in [4.69, 9.17) is 0 Å². The molecule has 0 heterocycles. The summed E-state index contributed by atoms with van der Waals surface area (Å²) >= 11 is 10.1. The summed E-state index contributed by atoms with van der Waals surface area (Å²) in [5.41, 5.74) is 1.15. The van der Waals surface area contributed by atoms with Gasteiger partial charge in [0.2, 0.25) is 0 Å². The Hall–Kier alpha value is 0.400. The van der Waals surface area contributed by atoms with E-state index in [0.29, 0.717) is 0 Å². The summed E-state index contributed by atoms with van der Waals surface area (Å²) in [6.07, 6.45) is 1.98. The first-order valence-electron chi connectivity index (χ1n) is 2.96. The van der Waals surface area contributed by atoms with Gasteiger partial charge in [-0.3, -0.25) is 0 Å². The minimum atomic E-state index is 1.08. The van der Waals surface area contributed by atoms with Crippen LogP contribution >= 0.6 is 47.8 Å². The third-order valence-corrected chi connectivity index (χ3v) is 2.68. The predicted molar refractivity (Wildman–Crippen MR) is 59.8 cm³/mol. The molecule has 0 atom stereocenters. The van der Waals surface area contributed by atoms with Gasteiger partial charge in [0.05, 0.1) is 0 Å². The minimum Gasteiger partial charge on any atom is -0.0595 e. The molecule has 0 aliphatic carbocycles. The lowest BCUT2D eigenvalue weighted by Crippen LogP contribution is -1.74. The fourth-order valence-electron chi connectivity index (χ4n) is 0.710. The van der Waals surface area contributed by atoms with Crippen LogP contribution in [-0.2, 0) is 0 Å². The molecule has 0 saturated carbocycles. The average molecular weight is 341 g/mol. The van der Waals surface area contributed by atoms with E-state index >= 15 is 0 Å². The highest BCUT2D eigenvalue weighted by Crippen LogP contribution is 2.22. The molecule has 1 aromatic rings. The van der Waals surface area contributed by atoms with Gasteiger partial charge < -0.3 is 0 Å². The van der Waals surface area contributed by atoms with Crippen LogP contribution in [0.1, 0.15) is 5.56 Å². The van der Waals surface area contributed by atoms with Crippen molar-refractivity contribution in [1.82, 2.24) is 0 Å². The standard InChI is InChI=1S/C8H5Br3/c9-4-3-6-5-7(10)1-2-8(6)11/h1-5H. The van der Waals surface area contributed by atoms with Crippen LogP contribution in [0.3, 0.4) is 0 Å². The summed E-state index contributed by atoms with van der Waals surface area (Å²) < 4.78 is 2.18. The average Bonchev–Trinajstić information content (AvgIpc) is 1.98. The third kappa shape index (κ3) is 2.73. The van der Waals surface area contributed by atoms with E-state index in [0.717, 1.165) is 14.5 Å². The Balaban J connectivity index is 3.12. The summed E-state index contributed by atoms with van der Waals surface area (Å²) in [6, 6.07) is 6.05. The molecule has 0 aliphatic heterocycles. The third-order valence-electron chi connectivity index (χ3n) is 1.20. The zero-order chi connectivity index (χ0) is 8.27. The normalized spacial score (nSPS) is 10.8. The highest BCUT2D eigenvalue weighted by Gasteiger charge is 1.95. The highest BCUT2D eigenvalue weighted by molar-refractivity contribution is 9.11. The molecule has 0 unspecified atom stereocenters. The molecular formula is C8H5Br3. The lowest BCUT2D eigenvalue weighted by Gasteiger charge is -1.97. The molecular weight excluding hydrogens is 336 g/mol. The van der Waals surface area contributed by atoms with Crippen LogP contribution in [0, 0.1) is 0 Å². The van der Waals surface area contributed by atoms with Gasteiger partial charge in [-0.15, -0.1) is 0 Å². The Morgan fingerprint density at radius 2 is 1.91 bits per heavy atom. The number of benzene rings is 1. The van der Waals surface area contributed by atoms with E-state index in [1.807, 2.05) is 29.3 Å². The Bertz CT molecular complexity index is 279. The SMILES string of the molecule is BrC=Cc1cc(Br)ccc1Br. The van der Waals surface area contributed by atoms with E-state index in [-0.39, 0.29) is 0 Å². The quantitative estimate of drug-likeness (QED) is 0.702. The molecule has 0 radical (unpaired) electrons. The van der Waals surface area contributed by atoms with Crippen molar-refractivity contribution in [3.63, 3.8) is 0 Å². The largest absolute Gasteiger partial charge is 0.0595 e. The maximum Gasteiger partial charge on any atom is 0.0248 e. The molecule has 1 aromatic carbocycles. The molecule has 0 spiro atoms. The summed E-state index contributed by atoms with van der Waals surface area (Å²) in [7, 11) is 0. The molecule has 1 rings (SSSR count). The maximum absolute atomic E-state index is 3.44.